The Morgan fingerprint density at radius 3 is 2.80 bits per heavy atom. The molecule has 0 aromatic heterocycles. The van der Waals surface area contributed by atoms with Crippen LogP contribution in [0.3, 0.4) is 0 Å². The van der Waals surface area contributed by atoms with Crippen molar-refractivity contribution in [2.75, 3.05) is 32.9 Å². The molecule has 2 saturated heterocycles. The van der Waals surface area contributed by atoms with Crippen LogP contribution in [0, 0.1) is 12.8 Å². The molecule has 0 unspecified atom stereocenters. The van der Waals surface area contributed by atoms with Crippen LogP contribution in [0.5, 0.6) is 0 Å². The van der Waals surface area contributed by atoms with Crippen LogP contribution in [-0.4, -0.2) is 49.3 Å². The lowest BCUT2D eigenvalue weighted by molar-refractivity contribution is -0.137. The van der Waals surface area contributed by atoms with E-state index >= 15 is 0 Å². The van der Waals surface area contributed by atoms with E-state index in [2.05, 4.69) is 19.1 Å². The highest BCUT2D eigenvalue weighted by atomic mass is 16.5. The predicted molar refractivity (Wildman–Crippen MR) is 98.6 cm³/mol. The average molecular weight is 345 g/mol. The lowest BCUT2D eigenvalue weighted by Gasteiger charge is -2.42. The van der Waals surface area contributed by atoms with Crippen LogP contribution in [0.25, 0.3) is 0 Å². The quantitative estimate of drug-likeness (QED) is 0.742. The minimum absolute atomic E-state index is 0.0173. The monoisotopic (exact) mass is 345 g/mol. The molecule has 25 heavy (non-hydrogen) atoms. The normalized spacial score (nSPS) is 22.5. The number of rotatable bonds is 6. The van der Waals surface area contributed by atoms with Gasteiger partial charge in [-0.1, -0.05) is 24.3 Å². The highest BCUT2D eigenvalue weighted by Gasteiger charge is 2.46. The predicted octanol–water partition coefficient (Wildman–Crippen LogP) is 3.36. The number of nitrogens with zero attached hydrogens (tertiary/aromatic N) is 1. The molecule has 2 fully saturated rings. The zero-order chi connectivity index (χ0) is 17.7. The Kier molecular flexibility index (Phi) is 6.13. The molecule has 0 N–H and O–H groups in total. The number of amides is 1. The number of ether oxygens (including phenoxy) is 2. The summed E-state index contributed by atoms with van der Waals surface area (Å²) in [4.78, 5) is 14.7. The Hall–Kier alpha value is -1.39. The topological polar surface area (TPSA) is 38.8 Å². The van der Waals surface area contributed by atoms with E-state index in [1.165, 1.54) is 5.56 Å². The number of likely N-dealkylation sites (tertiary alicyclic amines) is 1. The Morgan fingerprint density at radius 2 is 2.08 bits per heavy atom. The third kappa shape index (κ3) is 4.24. The fourth-order valence-electron chi connectivity index (χ4n) is 4.33. The van der Waals surface area contributed by atoms with Gasteiger partial charge in [-0.25, -0.2) is 0 Å². The number of hydrogen-bond donors (Lipinski definition) is 0. The molecule has 4 heteroatoms. The molecule has 2 aliphatic heterocycles. The van der Waals surface area contributed by atoms with Gasteiger partial charge < -0.3 is 14.4 Å². The molecule has 4 nitrogen and oxygen atoms in total. The molecule has 0 aliphatic carbocycles. The van der Waals surface area contributed by atoms with Crippen molar-refractivity contribution in [3.8, 4) is 0 Å². The molecular weight excluding hydrogens is 314 g/mol. The number of benzene rings is 1. The van der Waals surface area contributed by atoms with E-state index < -0.39 is 0 Å². The Morgan fingerprint density at radius 1 is 1.32 bits per heavy atom. The Balaban J connectivity index is 1.54. The number of piperidine rings is 1. The van der Waals surface area contributed by atoms with Gasteiger partial charge in [0.15, 0.2) is 0 Å². The third-order valence-electron chi connectivity index (χ3n) is 5.98. The van der Waals surface area contributed by atoms with Crippen LogP contribution < -0.4 is 0 Å². The van der Waals surface area contributed by atoms with E-state index in [0.717, 1.165) is 64.2 Å². The Labute approximate surface area is 151 Å². The van der Waals surface area contributed by atoms with E-state index in [-0.39, 0.29) is 11.5 Å². The van der Waals surface area contributed by atoms with Crippen LogP contribution in [0.4, 0.5) is 0 Å². The van der Waals surface area contributed by atoms with Crippen LogP contribution in [0.2, 0.25) is 0 Å². The van der Waals surface area contributed by atoms with Crippen molar-refractivity contribution in [1.82, 2.24) is 4.90 Å². The first-order chi connectivity index (χ1) is 12.1. The molecule has 2 aliphatic rings. The van der Waals surface area contributed by atoms with Crippen molar-refractivity contribution in [2.24, 2.45) is 5.92 Å². The maximum Gasteiger partial charge on any atom is 0.227 e. The first-order valence-electron chi connectivity index (χ1n) is 9.68. The first kappa shape index (κ1) is 18.4. The molecule has 1 aromatic rings. The van der Waals surface area contributed by atoms with E-state index in [0.29, 0.717) is 12.3 Å². The summed E-state index contributed by atoms with van der Waals surface area (Å²) in [5, 5.41) is 0. The third-order valence-corrected chi connectivity index (χ3v) is 5.98. The average Bonchev–Trinajstić information content (AvgIpc) is 3.00. The molecule has 0 saturated carbocycles. The maximum atomic E-state index is 12.7. The minimum Gasteiger partial charge on any atom is -0.382 e. The summed E-state index contributed by atoms with van der Waals surface area (Å²) < 4.78 is 11.7. The van der Waals surface area contributed by atoms with Gasteiger partial charge in [0.25, 0.3) is 0 Å². The van der Waals surface area contributed by atoms with Crippen molar-refractivity contribution < 1.29 is 14.3 Å². The second-order valence-corrected chi connectivity index (χ2v) is 7.37. The van der Waals surface area contributed by atoms with Crippen molar-refractivity contribution in [3.63, 3.8) is 0 Å². The second-order valence-electron chi connectivity index (χ2n) is 7.37. The zero-order valence-electron chi connectivity index (χ0n) is 15.6. The summed E-state index contributed by atoms with van der Waals surface area (Å²) in [5.74, 6) is 0.820. The summed E-state index contributed by atoms with van der Waals surface area (Å²) >= 11 is 0. The molecule has 0 radical (unpaired) electrons. The van der Waals surface area contributed by atoms with Crippen LogP contribution >= 0.6 is 0 Å². The van der Waals surface area contributed by atoms with E-state index in [4.69, 9.17) is 9.47 Å². The van der Waals surface area contributed by atoms with Crippen LogP contribution in [0.15, 0.2) is 24.3 Å². The molecule has 0 bridgehead atoms. The molecule has 1 amide bonds. The van der Waals surface area contributed by atoms with Gasteiger partial charge in [0.1, 0.15) is 0 Å². The van der Waals surface area contributed by atoms with Crippen molar-refractivity contribution in [3.05, 3.63) is 35.4 Å². The summed E-state index contributed by atoms with van der Waals surface area (Å²) in [7, 11) is 0. The lowest BCUT2D eigenvalue weighted by Crippen LogP contribution is -2.50. The van der Waals surface area contributed by atoms with Crippen molar-refractivity contribution in [1.29, 1.82) is 0 Å². The van der Waals surface area contributed by atoms with Gasteiger partial charge in [0, 0.05) is 32.9 Å². The second kappa shape index (κ2) is 8.33. The zero-order valence-corrected chi connectivity index (χ0v) is 15.6. The number of aryl methyl sites for hydroxylation is 1. The number of carbonyl (C=O) groups is 1. The van der Waals surface area contributed by atoms with E-state index in [9.17, 15) is 4.79 Å². The number of carbonyl (C=O) groups excluding carboxylic acids is 1. The summed E-state index contributed by atoms with van der Waals surface area (Å²) in [5.41, 5.74) is 2.32. The molecule has 1 spiro atoms. The Bertz CT molecular complexity index is 578. The SMILES string of the molecule is CCOCC[C@H]1CCOC12CCN(C(=O)Cc1ccccc1C)CC2. The smallest absolute Gasteiger partial charge is 0.227 e. The molecule has 1 aromatic carbocycles. The van der Waals surface area contributed by atoms with Gasteiger partial charge >= 0.3 is 0 Å². The van der Waals surface area contributed by atoms with Crippen molar-refractivity contribution in [2.45, 2.75) is 51.6 Å². The first-order valence-corrected chi connectivity index (χ1v) is 9.68. The number of hydrogen-bond acceptors (Lipinski definition) is 3. The van der Waals surface area contributed by atoms with Gasteiger partial charge in [-0.15, -0.1) is 0 Å². The highest BCUT2D eigenvalue weighted by molar-refractivity contribution is 5.79. The van der Waals surface area contributed by atoms with Gasteiger partial charge in [0.2, 0.25) is 5.91 Å². The van der Waals surface area contributed by atoms with Crippen LogP contribution in [-0.2, 0) is 20.7 Å². The van der Waals surface area contributed by atoms with Gasteiger partial charge in [-0.05, 0) is 56.6 Å². The standard InChI is InChI=1S/C21H31NO3/c1-3-24-14-8-19-9-15-25-21(19)10-12-22(13-11-21)20(23)16-18-7-5-4-6-17(18)2/h4-7,19H,3,8-16H2,1-2H3/t19-/m0/s1. The fourth-order valence-corrected chi connectivity index (χ4v) is 4.33. The van der Waals surface area contributed by atoms with Gasteiger partial charge in [-0.2, -0.15) is 0 Å². The summed E-state index contributed by atoms with van der Waals surface area (Å²) in [6.07, 6.45) is 4.64. The molecule has 1 atom stereocenters. The van der Waals surface area contributed by atoms with Gasteiger partial charge in [0.05, 0.1) is 12.0 Å². The lowest BCUT2D eigenvalue weighted by atomic mass is 9.78. The fraction of sp³-hybridized carbons (Fsp3) is 0.667. The summed E-state index contributed by atoms with van der Waals surface area (Å²) in [6, 6.07) is 8.16. The maximum absolute atomic E-state index is 12.7. The van der Waals surface area contributed by atoms with E-state index in [1.807, 2.05) is 24.0 Å². The minimum atomic E-state index is -0.0173. The molecule has 3 rings (SSSR count). The molecular formula is C21H31NO3. The summed E-state index contributed by atoms with van der Waals surface area (Å²) in [6.45, 7) is 8.20. The molecule has 2 heterocycles. The van der Waals surface area contributed by atoms with Gasteiger partial charge in [-0.3, -0.25) is 4.79 Å². The molecule has 138 valence electrons. The largest absolute Gasteiger partial charge is 0.382 e. The van der Waals surface area contributed by atoms with Crippen LogP contribution in [0.1, 0.15) is 43.7 Å². The van der Waals surface area contributed by atoms with E-state index in [1.54, 1.807) is 0 Å². The van der Waals surface area contributed by atoms with Crippen molar-refractivity contribution >= 4 is 5.91 Å². The highest BCUT2D eigenvalue weighted by Crippen LogP contribution is 2.42.